The van der Waals surface area contributed by atoms with E-state index in [1.165, 1.54) is 0 Å². The van der Waals surface area contributed by atoms with Gasteiger partial charge in [-0.25, -0.2) is 0 Å². The van der Waals surface area contributed by atoms with Gasteiger partial charge in [-0.05, 0) is 12.3 Å². The number of hydrogen-bond donors (Lipinski definition) is 3. The van der Waals surface area contributed by atoms with Crippen LogP contribution in [0.2, 0.25) is 0 Å². The highest BCUT2D eigenvalue weighted by atomic mass is 16.7. The summed E-state index contributed by atoms with van der Waals surface area (Å²) in [7, 11) is 0. The number of rotatable bonds is 5. The molecule has 0 radical (unpaired) electrons. The second-order valence-electron chi connectivity index (χ2n) is 2.45. The molecule has 3 heteroatoms. The molecular formula is C8H14O3. The first-order valence-corrected chi connectivity index (χ1v) is 3.42. The fourth-order valence-corrected chi connectivity index (χ4v) is 0.692. The first-order valence-electron chi connectivity index (χ1n) is 3.42. The predicted octanol–water partition coefficient (Wildman–Crippen LogP) is 0.385. The SMILES string of the molecule is C=CC(C=C)CCC(O)(O)O. The summed E-state index contributed by atoms with van der Waals surface area (Å²) < 4.78 is 0. The van der Waals surface area contributed by atoms with Gasteiger partial charge in [0, 0.05) is 6.42 Å². The van der Waals surface area contributed by atoms with E-state index in [1.807, 2.05) is 0 Å². The molecular weight excluding hydrogens is 144 g/mol. The van der Waals surface area contributed by atoms with Crippen molar-refractivity contribution in [3.8, 4) is 0 Å². The van der Waals surface area contributed by atoms with E-state index in [4.69, 9.17) is 15.3 Å². The van der Waals surface area contributed by atoms with Crippen molar-refractivity contribution in [2.45, 2.75) is 18.8 Å². The molecule has 3 nitrogen and oxygen atoms in total. The maximum Gasteiger partial charge on any atom is 0.275 e. The molecule has 0 aliphatic carbocycles. The van der Waals surface area contributed by atoms with E-state index < -0.39 is 5.97 Å². The molecule has 11 heavy (non-hydrogen) atoms. The largest absolute Gasteiger partial charge is 0.344 e. The Balaban J connectivity index is 3.68. The van der Waals surface area contributed by atoms with E-state index in [1.54, 1.807) is 12.2 Å². The van der Waals surface area contributed by atoms with Crippen LogP contribution in [0.15, 0.2) is 25.3 Å². The quantitative estimate of drug-likeness (QED) is 0.400. The summed E-state index contributed by atoms with van der Waals surface area (Å²) in [5.74, 6) is -2.55. The van der Waals surface area contributed by atoms with Crippen LogP contribution in [0.3, 0.4) is 0 Å². The maximum absolute atomic E-state index is 8.50. The lowest BCUT2D eigenvalue weighted by Gasteiger charge is -2.15. The second kappa shape index (κ2) is 4.28. The van der Waals surface area contributed by atoms with Crippen LogP contribution in [0.1, 0.15) is 12.8 Å². The van der Waals surface area contributed by atoms with Gasteiger partial charge in [-0.3, -0.25) is 0 Å². The summed E-state index contributed by atoms with van der Waals surface area (Å²) in [4.78, 5) is 0. The Labute approximate surface area is 66.3 Å². The van der Waals surface area contributed by atoms with Crippen LogP contribution in [-0.2, 0) is 0 Å². The number of aliphatic hydroxyl groups is 3. The van der Waals surface area contributed by atoms with Crippen LogP contribution < -0.4 is 0 Å². The van der Waals surface area contributed by atoms with Crippen LogP contribution in [0.5, 0.6) is 0 Å². The molecule has 0 saturated carbocycles. The first kappa shape index (κ1) is 10.4. The summed E-state index contributed by atoms with van der Waals surface area (Å²) in [5, 5.41) is 25.5. The fraction of sp³-hybridized carbons (Fsp3) is 0.500. The van der Waals surface area contributed by atoms with E-state index in [-0.39, 0.29) is 12.3 Å². The normalized spacial score (nSPS) is 11.6. The minimum Gasteiger partial charge on any atom is -0.344 e. The van der Waals surface area contributed by atoms with E-state index in [9.17, 15) is 0 Å². The number of hydrogen-bond acceptors (Lipinski definition) is 3. The highest BCUT2D eigenvalue weighted by molar-refractivity contribution is 4.91. The molecule has 0 saturated heterocycles. The highest BCUT2D eigenvalue weighted by Gasteiger charge is 2.18. The predicted molar refractivity (Wildman–Crippen MR) is 42.5 cm³/mol. The Morgan fingerprint density at radius 2 is 1.64 bits per heavy atom. The standard InChI is InChI=1S/C8H14O3/c1-3-7(4-2)5-6-8(9,10)11/h3-4,7,9-11H,1-2,5-6H2. The van der Waals surface area contributed by atoms with E-state index >= 15 is 0 Å². The molecule has 0 unspecified atom stereocenters. The topological polar surface area (TPSA) is 60.7 Å². The Morgan fingerprint density at radius 1 is 1.18 bits per heavy atom. The van der Waals surface area contributed by atoms with Crippen molar-refractivity contribution in [1.29, 1.82) is 0 Å². The van der Waals surface area contributed by atoms with Gasteiger partial charge in [0.15, 0.2) is 0 Å². The van der Waals surface area contributed by atoms with Crippen molar-refractivity contribution < 1.29 is 15.3 Å². The lowest BCUT2D eigenvalue weighted by atomic mass is 10.0. The van der Waals surface area contributed by atoms with Crippen molar-refractivity contribution in [3.05, 3.63) is 25.3 Å². The average Bonchev–Trinajstić information content (AvgIpc) is 1.88. The molecule has 0 bridgehead atoms. The number of allylic oxidation sites excluding steroid dienone is 2. The van der Waals surface area contributed by atoms with Gasteiger partial charge in [-0.1, -0.05) is 12.2 Å². The molecule has 0 aromatic carbocycles. The van der Waals surface area contributed by atoms with Gasteiger partial charge < -0.3 is 15.3 Å². The lowest BCUT2D eigenvalue weighted by Crippen LogP contribution is -2.27. The van der Waals surface area contributed by atoms with Crippen molar-refractivity contribution in [2.24, 2.45) is 5.92 Å². The van der Waals surface area contributed by atoms with E-state index in [2.05, 4.69) is 13.2 Å². The Hall–Kier alpha value is -0.640. The lowest BCUT2D eigenvalue weighted by molar-refractivity contribution is -0.315. The van der Waals surface area contributed by atoms with Crippen molar-refractivity contribution >= 4 is 0 Å². The zero-order chi connectivity index (χ0) is 8.91. The smallest absolute Gasteiger partial charge is 0.275 e. The average molecular weight is 158 g/mol. The van der Waals surface area contributed by atoms with Gasteiger partial charge in [0.05, 0.1) is 0 Å². The molecule has 0 aromatic heterocycles. The van der Waals surface area contributed by atoms with Gasteiger partial charge in [0.25, 0.3) is 5.97 Å². The van der Waals surface area contributed by atoms with Gasteiger partial charge in [0.2, 0.25) is 0 Å². The summed E-state index contributed by atoms with van der Waals surface area (Å²) >= 11 is 0. The van der Waals surface area contributed by atoms with Gasteiger partial charge in [0.1, 0.15) is 0 Å². The van der Waals surface area contributed by atoms with Crippen LogP contribution >= 0.6 is 0 Å². The molecule has 0 aliphatic rings. The third kappa shape index (κ3) is 5.79. The molecule has 0 atom stereocenters. The van der Waals surface area contributed by atoms with Crippen molar-refractivity contribution in [2.75, 3.05) is 0 Å². The monoisotopic (exact) mass is 158 g/mol. The minimum absolute atomic E-state index is 0.0147. The fourth-order valence-electron chi connectivity index (χ4n) is 0.692. The maximum atomic E-state index is 8.50. The van der Waals surface area contributed by atoms with Crippen LogP contribution in [0, 0.1) is 5.92 Å². The Morgan fingerprint density at radius 3 is 1.91 bits per heavy atom. The van der Waals surface area contributed by atoms with Crippen LogP contribution in [-0.4, -0.2) is 21.3 Å². The first-order chi connectivity index (χ1) is 4.99. The van der Waals surface area contributed by atoms with Crippen molar-refractivity contribution in [3.63, 3.8) is 0 Å². The molecule has 64 valence electrons. The van der Waals surface area contributed by atoms with Gasteiger partial charge >= 0.3 is 0 Å². The third-order valence-electron chi connectivity index (χ3n) is 1.42. The Kier molecular flexibility index (Phi) is 4.03. The molecule has 0 rings (SSSR count). The van der Waals surface area contributed by atoms with Crippen molar-refractivity contribution in [1.82, 2.24) is 0 Å². The second-order valence-corrected chi connectivity index (χ2v) is 2.45. The molecule has 0 aliphatic heterocycles. The molecule has 0 fully saturated rings. The minimum atomic E-state index is -2.57. The Bertz CT molecular complexity index is 127. The molecule has 3 N–H and O–H groups in total. The van der Waals surface area contributed by atoms with E-state index in [0.29, 0.717) is 6.42 Å². The zero-order valence-electron chi connectivity index (χ0n) is 6.40. The molecule has 0 aromatic rings. The van der Waals surface area contributed by atoms with Gasteiger partial charge in [-0.2, -0.15) is 0 Å². The third-order valence-corrected chi connectivity index (χ3v) is 1.42. The summed E-state index contributed by atoms with van der Waals surface area (Å²) in [6.07, 6.45) is 3.60. The molecule has 0 heterocycles. The zero-order valence-corrected chi connectivity index (χ0v) is 6.40. The highest BCUT2D eigenvalue weighted by Crippen LogP contribution is 2.13. The van der Waals surface area contributed by atoms with Crippen LogP contribution in [0.25, 0.3) is 0 Å². The van der Waals surface area contributed by atoms with Gasteiger partial charge in [-0.15, -0.1) is 13.2 Å². The summed E-state index contributed by atoms with van der Waals surface area (Å²) in [6, 6.07) is 0. The molecule has 0 spiro atoms. The summed E-state index contributed by atoms with van der Waals surface area (Å²) in [6.45, 7) is 7.03. The van der Waals surface area contributed by atoms with E-state index in [0.717, 1.165) is 0 Å². The van der Waals surface area contributed by atoms with Crippen LogP contribution in [0.4, 0.5) is 0 Å². The molecule has 0 amide bonds. The summed E-state index contributed by atoms with van der Waals surface area (Å²) in [5.41, 5.74) is 0.